The smallest absolute Gasteiger partial charge is 0.303 e. The van der Waals surface area contributed by atoms with Gasteiger partial charge in [-0.25, -0.2) is 5.01 Å². The lowest BCUT2D eigenvalue weighted by Gasteiger charge is -2.40. The maximum absolute atomic E-state index is 13.6. The number of benzene rings is 2. The second-order valence-corrected chi connectivity index (χ2v) is 10.8. The van der Waals surface area contributed by atoms with Crippen molar-refractivity contribution in [3.05, 3.63) is 65.2 Å². The van der Waals surface area contributed by atoms with Crippen molar-refractivity contribution in [1.82, 2.24) is 9.91 Å². The number of carbonyl (C=O) groups excluding carboxylic acids is 2. The van der Waals surface area contributed by atoms with Gasteiger partial charge in [0.1, 0.15) is 0 Å². The molecule has 4 rings (SSSR count). The van der Waals surface area contributed by atoms with Gasteiger partial charge in [0, 0.05) is 24.2 Å². The summed E-state index contributed by atoms with van der Waals surface area (Å²) in [6, 6.07) is 15.0. The van der Waals surface area contributed by atoms with Crippen molar-refractivity contribution < 1.29 is 24.2 Å². The number of aliphatic carboxylic acids is 1. The lowest BCUT2D eigenvalue weighted by Crippen LogP contribution is -2.52. The number of aryl methyl sites for hydroxylation is 1. The highest BCUT2D eigenvalue weighted by molar-refractivity contribution is 5.98. The lowest BCUT2D eigenvalue weighted by molar-refractivity contribution is -0.137. The maximum atomic E-state index is 13.6. The number of hydrogen-bond acceptors (Lipinski definition) is 6. The Morgan fingerprint density at radius 3 is 2.52 bits per heavy atom. The quantitative estimate of drug-likeness (QED) is 0.433. The van der Waals surface area contributed by atoms with Gasteiger partial charge in [0.25, 0.3) is 5.91 Å². The Morgan fingerprint density at radius 2 is 1.85 bits per heavy atom. The second-order valence-electron chi connectivity index (χ2n) is 10.8. The molecule has 2 aromatic rings. The molecule has 0 spiro atoms. The molecule has 2 atom stereocenters. The summed E-state index contributed by atoms with van der Waals surface area (Å²) in [5.74, 6) is -0.102. The normalized spacial score (nSPS) is 18.0. The summed E-state index contributed by atoms with van der Waals surface area (Å²) < 4.78 is 5.58. The highest BCUT2D eigenvalue weighted by Gasteiger charge is 2.35. The summed E-state index contributed by atoms with van der Waals surface area (Å²) in [4.78, 5) is 39.5. The van der Waals surface area contributed by atoms with E-state index in [4.69, 9.17) is 9.84 Å². The van der Waals surface area contributed by atoms with Crippen molar-refractivity contribution in [2.45, 2.75) is 58.9 Å². The fourth-order valence-electron chi connectivity index (χ4n) is 5.47. The predicted octanol–water partition coefficient (Wildman–Crippen LogP) is 4.30. The van der Waals surface area contributed by atoms with Crippen LogP contribution < -0.4 is 5.32 Å². The number of hydrogen-bond donors (Lipinski definition) is 2. The van der Waals surface area contributed by atoms with Crippen molar-refractivity contribution in [1.29, 1.82) is 0 Å². The average molecular weight is 549 g/mol. The molecule has 1 saturated heterocycles. The SMILES string of the molecule is CC[C@@H](C)[C@H](C(=O)Nc1cccc(CCC(=O)O)c1C)N1CCC(CN2N=C(c3ccccc3)OCC2=O)CC1. The zero-order valence-corrected chi connectivity index (χ0v) is 23.6. The molecule has 0 aromatic heterocycles. The van der Waals surface area contributed by atoms with E-state index in [9.17, 15) is 14.4 Å². The molecule has 0 saturated carbocycles. The highest BCUT2D eigenvalue weighted by atomic mass is 16.5. The molecular weight excluding hydrogens is 508 g/mol. The van der Waals surface area contributed by atoms with Crippen molar-refractivity contribution in [2.75, 3.05) is 31.6 Å². The number of carboxylic acid groups (broad SMARTS) is 1. The van der Waals surface area contributed by atoms with Crippen LogP contribution in [0.15, 0.2) is 53.6 Å². The number of nitrogens with zero attached hydrogens (tertiary/aromatic N) is 3. The van der Waals surface area contributed by atoms with Crippen LogP contribution in [-0.4, -0.2) is 71.0 Å². The zero-order chi connectivity index (χ0) is 28.6. The molecule has 2 aliphatic rings. The Morgan fingerprint density at radius 1 is 1.12 bits per heavy atom. The monoisotopic (exact) mass is 548 g/mol. The van der Waals surface area contributed by atoms with Gasteiger partial charge < -0.3 is 15.2 Å². The largest absolute Gasteiger partial charge is 0.481 e. The van der Waals surface area contributed by atoms with E-state index in [-0.39, 0.29) is 42.7 Å². The van der Waals surface area contributed by atoms with Gasteiger partial charge in [0.15, 0.2) is 6.61 Å². The van der Waals surface area contributed by atoms with Crippen LogP contribution in [0, 0.1) is 18.8 Å². The fraction of sp³-hybridized carbons (Fsp3) is 0.484. The first-order valence-electron chi connectivity index (χ1n) is 14.2. The molecule has 9 heteroatoms. The number of hydrazone groups is 1. The third-order valence-electron chi connectivity index (χ3n) is 8.09. The predicted molar refractivity (Wildman–Crippen MR) is 154 cm³/mol. The third kappa shape index (κ3) is 7.27. The summed E-state index contributed by atoms with van der Waals surface area (Å²) in [5.41, 5.74) is 3.41. The Labute approximate surface area is 236 Å². The van der Waals surface area contributed by atoms with E-state index in [1.807, 2.05) is 55.5 Å². The molecule has 40 heavy (non-hydrogen) atoms. The molecule has 0 radical (unpaired) electrons. The number of likely N-dealkylation sites (tertiary alicyclic amines) is 1. The molecule has 2 aromatic carbocycles. The number of ether oxygens (including phenoxy) is 1. The van der Waals surface area contributed by atoms with Crippen LogP contribution in [-0.2, 0) is 25.5 Å². The first-order chi connectivity index (χ1) is 19.3. The lowest BCUT2D eigenvalue weighted by atomic mass is 9.90. The average Bonchev–Trinajstić information content (AvgIpc) is 2.96. The van der Waals surface area contributed by atoms with Crippen molar-refractivity contribution in [3.8, 4) is 0 Å². The first kappa shape index (κ1) is 29.3. The summed E-state index contributed by atoms with van der Waals surface area (Å²) in [5, 5.41) is 18.3. The molecule has 2 aliphatic heterocycles. The zero-order valence-electron chi connectivity index (χ0n) is 23.6. The van der Waals surface area contributed by atoms with Gasteiger partial charge in [-0.3, -0.25) is 19.3 Å². The van der Waals surface area contributed by atoms with Crippen LogP contribution in [0.2, 0.25) is 0 Å². The van der Waals surface area contributed by atoms with Gasteiger partial charge in [0.2, 0.25) is 11.8 Å². The molecule has 9 nitrogen and oxygen atoms in total. The molecule has 0 unspecified atom stereocenters. The van der Waals surface area contributed by atoms with Crippen LogP contribution in [0.5, 0.6) is 0 Å². The molecule has 0 bridgehead atoms. The first-order valence-corrected chi connectivity index (χ1v) is 14.2. The van der Waals surface area contributed by atoms with Crippen molar-refractivity contribution >= 4 is 29.4 Å². The number of carbonyl (C=O) groups is 3. The Bertz CT molecular complexity index is 1220. The number of piperidine rings is 1. The minimum atomic E-state index is -0.837. The fourth-order valence-corrected chi connectivity index (χ4v) is 5.47. The van der Waals surface area contributed by atoms with Crippen LogP contribution in [0.1, 0.15) is 56.2 Å². The van der Waals surface area contributed by atoms with Crippen LogP contribution in [0.3, 0.4) is 0 Å². The van der Waals surface area contributed by atoms with Gasteiger partial charge in [-0.05, 0) is 80.4 Å². The minimum absolute atomic E-state index is 0.0141. The van der Waals surface area contributed by atoms with E-state index >= 15 is 0 Å². The number of carboxylic acids is 1. The topological polar surface area (TPSA) is 112 Å². The molecule has 1 fully saturated rings. The summed E-state index contributed by atoms with van der Waals surface area (Å²) in [7, 11) is 0. The number of anilines is 1. The van der Waals surface area contributed by atoms with Gasteiger partial charge in [-0.2, -0.15) is 0 Å². The number of rotatable bonds is 11. The molecule has 0 aliphatic carbocycles. The van der Waals surface area contributed by atoms with Crippen LogP contribution >= 0.6 is 0 Å². The molecule has 2 amide bonds. The van der Waals surface area contributed by atoms with Crippen molar-refractivity contribution in [3.63, 3.8) is 0 Å². The summed E-state index contributed by atoms with van der Waals surface area (Å²) in [6.45, 7) is 8.18. The molecular formula is C31H40N4O5. The number of nitrogens with one attached hydrogen (secondary N) is 1. The molecule has 2 heterocycles. The van der Waals surface area contributed by atoms with E-state index in [1.54, 1.807) is 5.01 Å². The maximum Gasteiger partial charge on any atom is 0.303 e. The Kier molecular flexibility index (Phi) is 9.93. The Balaban J connectivity index is 1.39. The Hall–Kier alpha value is -3.72. The van der Waals surface area contributed by atoms with E-state index in [2.05, 4.69) is 29.2 Å². The van der Waals surface area contributed by atoms with E-state index < -0.39 is 5.97 Å². The van der Waals surface area contributed by atoms with E-state index in [0.717, 1.165) is 54.7 Å². The van der Waals surface area contributed by atoms with Gasteiger partial charge in [0.05, 0.1) is 6.04 Å². The second kappa shape index (κ2) is 13.6. The standard InChI is InChI=1S/C31H40N4O5/c1-4-21(2)29(30(39)32-26-12-8-11-24(22(26)3)13-14-28(37)38)34-17-15-23(16-18-34)19-35-27(36)20-40-31(33-35)25-9-6-5-7-10-25/h5-12,21,23,29H,4,13-20H2,1-3H3,(H,32,39)(H,37,38)/t21-,29-/m1/s1. The van der Waals surface area contributed by atoms with E-state index in [1.165, 1.54) is 0 Å². The van der Waals surface area contributed by atoms with Crippen molar-refractivity contribution in [2.24, 2.45) is 16.9 Å². The number of amides is 2. The van der Waals surface area contributed by atoms with E-state index in [0.29, 0.717) is 18.9 Å². The van der Waals surface area contributed by atoms with Gasteiger partial charge >= 0.3 is 5.97 Å². The summed E-state index contributed by atoms with van der Waals surface area (Å²) >= 11 is 0. The van der Waals surface area contributed by atoms with Gasteiger partial charge in [-0.15, -0.1) is 5.10 Å². The van der Waals surface area contributed by atoms with Crippen LogP contribution in [0.4, 0.5) is 5.69 Å². The molecule has 214 valence electrons. The van der Waals surface area contributed by atoms with Crippen LogP contribution in [0.25, 0.3) is 0 Å². The molecule has 2 N–H and O–H groups in total. The third-order valence-corrected chi connectivity index (χ3v) is 8.09. The minimum Gasteiger partial charge on any atom is -0.481 e. The summed E-state index contributed by atoms with van der Waals surface area (Å²) in [6.07, 6.45) is 3.08. The van der Waals surface area contributed by atoms with Gasteiger partial charge in [-0.1, -0.05) is 50.6 Å². The highest BCUT2D eigenvalue weighted by Crippen LogP contribution is 2.27.